The molecule has 0 atom stereocenters. The Kier molecular flexibility index (Phi) is 6.21. The molecule has 0 aliphatic heterocycles. The molecule has 4 nitrogen and oxygen atoms in total. The number of methoxy groups -OCH3 is 1. The molecule has 0 saturated carbocycles. The van der Waals surface area contributed by atoms with Crippen LogP contribution in [0.1, 0.15) is 21.5 Å². The summed E-state index contributed by atoms with van der Waals surface area (Å²) in [6, 6.07) is 9.00. The number of hydrogen-bond donors (Lipinski definition) is 2. The van der Waals surface area contributed by atoms with Crippen LogP contribution in [0.3, 0.4) is 0 Å². The second kappa shape index (κ2) is 7.96. The van der Waals surface area contributed by atoms with E-state index < -0.39 is 0 Å². The lowest BCUT2D eigenvalue weighted by Gasteiger charge is -2.15. The highest BCUT2D eigenvalue weighted by Crippen LogP contribution is 2.28. The van der Waals surface area contributed by atoms with Gasteiger partial charge in [0.05, 0.1) is 12.7 Å². The number of anilines is 1. The Morgan fingerprint density at radius 1 is 1.29 bits per heavy atom. The van der Waals surface area contributed by atoms with Crippen LogP contribution in [0.25, 0.3) is 0 Å². The van der Waals surface area contributed by atoms with E-state index in [1.165, 1.54) is 7.11 Å². The molecule has 2 aromatic carbocycles. The number of aryl methyl sites for hydroxylation is 1. The number of hydrogen-bond acceptors (Lipinski definition) is 3. The maximum atomic E-state index is 12.5. The van der Waals surface area contributed by atoms with Gasteiger partial charge in [-0.05, 0) is 61.5 Å². The van der Waals surface area contributed by atoms with E-state index in [9.17, 15) is 4.79 Å². The Bertz CT molecular complexity index is 811. The van der Waals surface area contributed by atoms with Crippen molar-refractivity contribution in [3.8, 4) is 5.75 Å². The van der Waals surface area contributed by atoms with Crippen LogP contribution in [-0.2, 0) is 0 Å². The fraction of sp³-hybridized carbons (Fsp3) is 0.176. The summed E-state index contributed by atoms with van der Waals surface area (Å²) >= 11 is 14.7. The molecule has 0 bridgehead atoms. The smallest absolute Gasteiger partial charge is 0.261 e. The fourth-order valence-electron chi connectivity index (χ4n) is 2.24. The van der Waals surface area contributed by atoms with E-state index in [-0.39, 0.29) is 11.0 Å². The summed E-state index contributed by atoms with van der Waals surface area (Å²) in [7, 11) is 1.53. The second-order valence-corrected chi connectivity index (χ2v) is 6.86. The molecule has 126 valence electrons. The number of amides is 1. The Labute approximate surface area is 159 Å². The quantitative estimate of drug-likeness (QED) is 0.687. The minimum atomic E-state index is -0.353. The Morgan fingerprint density at radius 3 is 2.67 bits per heavy atom. The number of nitrogens with one attached hydrogen (secondary N) is 2. The molecule has 0 saturated heterocycles. The van der Waals surface area contributed by atoms with E-state index in [2.05, 4.69) is 26.6 Å². The molecule has 0 spiro atoms. The molecule has 24 heavy (non-hydrogen) atoms. The predicted octanol–water partition coefficient (Wildman–Crippen LogP) is 4.85. The molecule has 2 aromatic rings. The Morgan fingerprint density at radius 2 is 2.00 bits per heavy atom. The van der Waals surface area contributed by atoms with E-state index >= 15 is 0 Å². The first-order chi connectivity index (χ1) is 11.3. The van der Waals surface area contributed by atoms with Gasteiger partial charge in [0, 0.05) is 15.2 Å². The zero-order chi connectivity index (χ0) is 17.9. The molecular weight excluding hydrogens is 412 g/mol. The third kappa shape index (κ3) is 4.26. The summed E-state index contributed by atoms with van der Waals surface area (Å²) in [6.07, 6.45) is 0. The van der Waals surface area contributed by atoms with Crippen LogP contribution < -0.4 is 15.4 Å². The van der Waals surface area contributed by atoms with Crippen molar-refractivity contribution in [3.63, 3.8) is 0 Å². The lowest BCUT2D eigenvalue weighted by molar-refractivity contribution is 0.0974. The van der Waals surface area contributed by atoms with Crippen molar-refractivity contribution in [2.24, 2.45) is 0 Å². The SMILES string of the molecule is COc1c(C)cc(Br)cc1C(=O)NC(=S)Nc1cccc(Cl)c1C. The third-order valence-electron chi connectivity index (χ3n) is 3.43. The van der Waals surface area contributed by atoms with Gasteiger partial charge in [0.2, 0.25) is 0 Å². The minimum Gasteiger partial charge on any atom is -0.496 e. The lowest BCUT2D eigenvalue weighted by atomic mass is 10.1. The molecule has 0 aliphatic carbocycles. The van der Waals surface area contributed by atoms with E-state index in [1.807, 2.05) is 32.0 Å². The molecule has 2 rings (SSSR count). The summed E-state index contributed by atoms with van der Waals surface area (Å²) < 4.78 is 6.11. The van der Waals surface area contributed by atoms with Crippen molar-refractivity contribution < 1.29 is 9.53 Å². The maximum absolute atomic E-state index is 12.5. The van der Waals surface area contributed by atoms with Gasteiger partial charge in [-0.15, -0.1) is 0 Å². The van der Waals surface area contributed by atoms with Crippen molar-refractivity contribution in [2.75, 3.05) is 12.4 Å². The molecule has 1 amide bonds. The second-order valence-electron chi connectivity index (χ2n) is 5.12. The molecule has 0 aromatic heterocycles. The maximum Gasteiger partial charge on any atom is 0.261 e. The molecule has 0 aliphatic rings. The van der Waals surface area contributed by atoms with Gasteiger partial charge in [0.15, 0.2) is 5.11 Å². The van der Waals surface area contributed by atoms with Gasteiger partial charge in [-0.25, -0.2) is 0 Å². The fourth-order valence-corrected chi connectivity index (χ4v) is 3.19. The van der Waals surface area contributed by atoms with Gasteiger partial charge in [-0.1, -0.05) is 33.6 Å². The van der Waals surface area contributed by atoms with E-state index in [0.29, 0.717) is 16.3 Å². The first-order valence-electron chi connectivity index (χ1n) is 7.05. The van der Waals surface area contributed by atoms with E-state index in [0.717, 1.165) is 21.3 Å². The molecule has 7 heteroatoms. The highest BCUT2D eigenvalue weighted by molar-refractivity contribution is 9.10. The highest BCUT2D eigenvalue weighted by atomic mass is 79.9. The van der Waals surface area contributed by atoms with Crippen molar-refractivity contribution in [1.82, 2.24) is 5.32 Å². The van der Waals surface area contributed by atoms with Gasteiger partial charge in [0.25, 0.3) is 5.91 Å². The minimum absolute atomic E-state index is 0.185. The Balaban J connectivity index is 2.18. The number of ether oxygens (including phenoxy) is 1. The van der Waals surface area contributed by atoms with Crippen molar-refractivity contribution in [2.45, 2.75) is 13.8 Å². The van der Waals surface area contributed by atoms with Crippen LogP contribution in [0.15, 0.2) is 34.8 Å². The van der Waals surface area contributed by atoms with E-state index in [1.54, 1.807) is 12.1 Å². The highest BCUT2D eigenvalue weighted by Gasteiger charge is 2.17. The first-order valence-corrected chi connectivity index (χ1v) is 8.63. The summed E-state index contributed by atoms with van der Waals surface area (Å²) in [5.41, 5.74) is 2.84. The van der Waals surface area contributed by atoms with Crippen molar-refractivity contribution in [1.29, 1.82) is 0 Å². The van der Waals surface area contributed by atoms with Gasteiger partial charge >= 0.3 is 0 Å². The Hall–Kier alpha value is -1.63. The number of halogens is 2. The first kappa shape index (κ1) is 18.7. The number of carbonyl (C=O) groups excluding carboxylic acids is 1. The predicted molar refractivity (Wildman–Crippen MR) is 105 cm³/mol. The van der Waals surface area contributed by atoms with Gasteiger partial charge in [0.1, 0.15) is 5.75 Å². The van der Waals surface area contributed by atoms with Crippen LogP contribution in [0.2, 0.25) is 5.02 Å². The summed E-state index contributed by atoms with van der Waals surface area (Å²) in [6.45, 7) is 3.74. The average molecular weight is 428 g/mol. The van der Waals surface area contributed by atoms with Crippen LogP contribution in [-0.4, -0.2) is 18.1 Å². The lowest BCUT2D eigenvalue weighted by Crippen LogP contribution is -2.34. The largest absolute Gasteiger partial charge is 0.496 e. The van der Waals surface area contributed by atoms with Gasteiger partial charge in [-0.2, -0.15) is 0 Å². The number of benzene rings is 2. The zero-order valence-electron chi connectivity index (χ0n) is 13.4. The van der Waals surface area contributed by atoms with Crippen molar-refractivity contribution in [3.05, 3.63) is 56.5 Å². The summed E-state index contributed by atoms with van der Waals surface area (Å²) in [5.74, 6) is 0.158. The molecule has 0 unspecified atom stereocenters. The van der Waals surface area contributed by atoms with Crippen LogP contribution >= 0.6 is 39.7 Å². The molecule has 0 radical (unpaired) electrons. The van der Waals surface area contributed by atoms with Gasteiger partial charge in [-0.3, -0.25) is 10.1 Å². The standard InChI is InChI=1S/C17H16BrClN2O2S/c1-9-7-11(18)8-12(15(9)23-3)16(22)21-17(24)20-14-6-4-5-13(19)10(14)2/h4-8H,1-3H3,(H2,20,21,22,24). The number of carbonyl (C=O) groups is 1. The van der Waals surface area contributed by atoms with Crippen molar-refractivity contribution >= 4 is 56.5 Å². The number of thiocarbonyl (C=S) groups is 1. The van der Waals surface area contributed by atoms with E-state index in [4.69, 9.17) is 28.6 Å². The average Bonchev–Trinajstić information content (AvgIpc) is 2.51. The molecule has 2 N–H and O–H groups in total. The zero-order valence-corrected chi connectivity index (χ0v) is 16.5. The van der Waals surface area contributed by atoms with Crippen LogP contribution in [0, 0.1) is 13.8 Å². The van der Waals surface area contributed by atoms with Crippen LogP contribution in [0.4, 0.5) is 5.69 Å². The molecule has 0 heterocycles. The number of rotatable bonds is 3. The topological polar surface area (TPSA) is 50.4 Å². The summed E-state index contributed by atoms with van der Waals surface area (Å²) in [5, 5.41) is 6.45. The van der Waals surface area contributed by atoms with Crippen LogP contribution in [0.5, 0.6) is 5.75 Å². The third-order valence-corrected chi connectivity index (χ3v) is 4.50. The molecular formula is C17H16BrClN2O2S. The molecule has 0 fully saturated rings. The summed E-state index contributed by atoms with van der Waals surface area (Å²) in [4.78, 5) is 12.5. The van der Waals surface area contributed by atoms with Gasteiger partial charge < -0.3 is 10.1 Å². The normalized spacial score (nSPS) is 10.2. The monoisotopic (exact) mass is 426 g/mol.